The van der Waals surface area contributed by atoms with Crippen LogP contribution >= 0.6 is 0 Å². The summed E-state index contributed by atoms with van der Waals surface area (Å²) < 4.78 is 4.46. The van der Waals surface area contributed by atoms with Crippen molar-refractivity contribution in [3.05, 3.63) is 36.9 Å². The van der Waals surface area contributed by atoms with Crippen molar-refractivity contribution in [3.63, 3.8) is 0 Å². The molecule has 2 aromatic heterocycles. The Morgan fingerprint density at radius 2 is 2.05 bits per heavy atom. The maximum absolute atomic E-state index is 11.6. The highest BCUT2D eigenvalue weighted by atomic mass is 16.5. The van der Waals surface area contributed by atoms with Crippen molar-refractivity contribution in [3.8, 4) is 11.3 Å². The summed E-state index contributed by atoms with van der Waals surface area (Å²) >= 11 is 0. The second-order valence-electron chi connectivity index (χ2n) is 4.15. The molecule has 7 nitrogen and oxygen atoms in total. The number of carbonyl (C=O) groups is 2. The number of methoxy groups -OCH3 is 1. The summed E-state index contributed by atoms with van der Waals surface area (Å²) in [6.07, 6.45) is 6.43. The number of hydrogen-bond acceptors (Lipinski definition) is 6. The summed E-state index contributed by atoms with van der Waals surface area (Å²) in [5.41, 5.74) is 1.50. The van der Waals surface area contributed by atoms with Crippen molar-refractivity contribution in [2.45, 2.75) is 12.8 Å². The lowest BCUT2D eigenvalue weighted by Gasteiger charge is -2.04. The number of amides is 1. The van der Waals surface area contributed by atoms with E-state index in [1.165, 1.54) is 13.3 Å². The molecule has 1 amide bonds. The zero-order valence-electron chi connectivity index (χ0n) is 11.4. The van der Waals surface area contributed by atoms with Crippen LogP contribution in [0, 0.1) is 0 Å². The Bertz CT molecular complexity index is 614. The number of rotatable bonds is 5. The van der Waals surface area contributed by atoms with Crippen molar-refractivity contribution in [1.29, 1.82) is 0 Å². The Labute approximate surface area is 121 Å². The number of nitrogens with one attached hydrogen (secondary N) is 1. The van der Waals surface area contributed by atoms with Gasteiger partial charge in [0.05, 0.1) is 31.6 Å². The second-order valence-corrected chi connectivity index (χ2v) is 4.15. The molecule has 0 unspecified atom stereocenters. The Hall–Kier alpha value is -2.83. The van der Waals surface area contributed by atoms with Gasteiger partial charge in [0.25, 0.3) is 0 Å². The first-order valence-corrected chi connectivity index (χ1v) is 6.28. The average molecular weight is 286 g/mol. The number of esters is 1. The first-order valence-electron chi connectivity index (χ1n) is 6.28. The largest absolute Gasteiger partial charge is 0.469 e. The van der Waals surface area contributed by atoms with E-state index in [0.29, 0.717) is 11.5 Å². The van der Waals surface area contributed by atoms with E-state index >= 15 is 0 Å². The Balaban J connectivity index is 1.94. The van der Waals surface area contributed by atoms with Crippen molar-refractivity contribution in [2.75, 3.05) is 12.4 Å². The highest BCUT2D eigenvalue weighted by Crippen LogP contribution is 2.14. The molecular formula is C14H14N4O3. The second kappa shape index (κ2) is 7.09. The van der Waals surface area contributed by atoms with E-state index in [1.807, 2.05) is 6.07 Å². The minimum atomic E-state index is -0.428. The van der Waals surface area contributed by atoms with Crippen LogP contribution in [-0.4, -0.2) is 33.9 Å². The number of pyridine rings is 1. The van der Waals surface area contributed by atoms with Crippen LogP contribution in [0.4, 0.5) is 5.82 Å². The van der Waals surface area contributed by atoms with E-state index in [9.17, 15) is 9.59 Å². The quantitative estimate of drug-likeness (QED) is 0.836. The van der Waals surface area contributed by atoms with E-state index in [2.05, 4.69) is 25.0 Å². The van der Waals surface area contributed by atoms with Gasteiger partial charge in [0.2, 0.25) is 5.91 Å². The minimum Gasteiger partial charge on any atom is -0.469 e. The first kappa shape index (κ1) is 14.6. The maximum Gasteiger partial charge on any atom is 0.306 e. The van der Waals surface area contributed by atoms with Crippen LogP contribution in [0.2, 0.25) is 0 Å². The third-order valence-corrected chi connectivity index (χ3v) is 2.66. The van der Waals surface area contributed by atoms with Crippen LogP contribution in [0.25, 0.3) is 11.3 Å². The monoisotopic (exact) mass is 286 g/mol. The van der Waals surface area contributed by atoms with E-state index in [1.54, 1.807) is 24.7 Å². The normalized spacial score (nSPS) is 9.95. The molecule has 21 heavy (non-hydrogen) atoms. The van der Waals surface area contributed by atoms with Gasteiger partial charge >= 0.3 is 5.97 Å². The number of anilines is 1. The minimum absolute atomic E-state index is 0.0313. The van der Waals surface area contributed by atoms with Gasteiger partial charge in [-0.05, 0) is 12.1 Å². The SMILES string of the molecule is COC(=O)CCC(=O)Nc1cnc(-c2cccnc2)cn1. The van der Waals surface area contributed by atoms with Gasteiger partial charge in [0.15, 0.2) is 5.82 Å². The molecule has 0 aliphatic carbocycles. The first-order chi connectivity index (χ1) is 10.2. The van der Waals surface area contributed by atoms with Gasteiger partial charge in [-0.3, -0.25) is 19.6 Å². The summed E-state index contributed by atoms with van der Waals surface area (Å²) in [4.78, 5) is 34.8. The molecule has 2 heterocycles. The van der Waals surface area contributed by atoms with Crippen LogP contribution < -0.4 is 5.32 Å². The van der Waals surface area contributed by atoms with Crippen LogP contribution in [0.1, 0.15) is 12.8 Å². The molecule has 0 atom stereocenters. The van der Waals surface area contributed by atoms with Crippen molar-refractivity contribution in [2.24, 2.45) is 0 Å². The Morgan fingerprint density at radius 1 is 1.19 bits per heavy atom. The predicted molar refractivity (Wildman–Crippen MR) is 75.1 cm³/mol. The maximum atomic E-state index is 11.6. The topological polar surface area (TPSA) is 94.1 Å². The van der Waals surface area contributed by atoms with E-state index in [-0.39, 0.29) is 18.7 Å². The number of nitrogens with zero attached hydrogens (tertiary/aromatic N) is 3. The van der Waals surface area contributed by atoms with Gasteiger partial charge in [0.1, 0.15) is 0 Å². The van der Waals surface area contributed by atoms with Gasteiger partial charge in [-0.1, -0.05) is 0 Å². The molecular weight excluding hydrogens is 272 g/mol. The number of aromatic nitrogens is 3. The molecule has 0 aliphatic rings. The predicted octanol–water partition coefficient (Wildman–Crippen LogP) is 1.43. The smallest absolute Gasteiger partial charge is 0.306 e. The fourth-order valence-corrected chi connectivity index (χ4v) is 1.58. The third-order valence-electron chi connectivity index (χ3n) is 2.66. The molecule has 0 bridgehead atoms. The lowest BCUT2D eigenvalue weighted by Crippen LogP contribution is -2.14. The van der Waals surface area contributed by atoms with E-state index in [4.69, 9.17) is 0 Å². The summed E-state index contributed by atoms with van der Waals surface area (Å²) in [6.45, 7) is 0. The number of carbonyl (C=O) groups excluding carboxylic acids is 2. The number of hydrogen-bond donors (Lipinski definition) is 1. The van der Waals surface area contributed by atoms with Gasteiger partial charge in [-0.2, -0.15) is 0 Å². The molecule has 108 valence electrons. The number of ether oxygens (including phenoxy) is 1. The zero-order chi connectivity index (χ0) is 15.1. The van der Waals surface area contributed by atoms with Crippen LogP contribution in [-0.2, 0) is 14.3 Å². The van der Waals surface area contributed by atoms with Crippen molar-refractivity contribution >= 4 is 17.7 Å². The summed E-state index contributed by atoms with van der Waals surface area (Å²) in [6, 6.07) is 3.67. The molecule has 0 fully saturated rings. The molecule has 0 aromatic carbocycles. The average Bonchev–Trinajstić information content (AvgIpc) is 2.54. The van der Waals surface area contributed by atoms with Gasteiger partial charge < -0.3 is 10.1 Å². The zero-order valence-corrected chi connectivity index (χ0v) is 11.4. The molecule has 2 aromatic rings. The van der Waals surface area contributed by atoms with Crippen LogP contribution in [0.3, 0.4) is 0 Å². The molecule has 1 N–H and O–H groups in total. The summed E-state index contributed by atoms with van der Waals surface area (Å²) in [7, 11) is 1.28. The highest BCUT2D eigenvalue weighted by Gasteiger charge is 2.08. The van der Waals surface area contributed by atoms with Crippen molar-refractivity contribution in [1.82, 2.24) is 15.0 Å². The lowest BCUT2D eigenvalue weighted by atomic mass is 10.2. The van der Waals surface area contributed by atoms with Gasteiger partial charge in [-0.15, -0.1) is 0 Å². The molecule has 0 saturated carbocycles. The standard InChI is InChI=1S/C14H14N4O3/c1-21-14(20)5-4-13(19)18-12-9-16-11(8-17-12)10-3-2-6-15-7-10/h2-3,6-9H,4-5H2,1H3,(H,17,18,19). The van der Waals surface area contributed by atoms with E-state index in [0.717, 1.165) is 5.56 Å². The molecule has 0 aliphatic heterocycles. The van der Waals surface area contributed by atoms with Crippen molar-refractivity contribution < 1.29 is 14.3 Å². The van der Waals surface area contributed by atoms with Gasteiger partial charge in [-0.25, -0.2) is 4.98 Å². The summed E-state index contributed by atoms with van der Waals surface area (Å²) in [5.74, 6) is -0.413. The third kappa shape index (κ3) is 4.34. The molecule has 7 heteroatoms. The molecule has 0 spiro atoms. The lowest BCUT2D eigenvalue weighted by molar-refractivity contribution is -0.141. The molecule has 2 rings (SSSR count). The molecule has 0 saturated heterocycles. The highest BCUT2D eigenvalue weighted by molar-refractivity contribution is 5.91. The summed E-state index contributed by atoms with van der Waals surface area (Å²) in [5, 5.41) is 2.56. The Kier molecular flexibility index (Phi) is 4.92. The van der Waals surface area contributed by atoms with Gasteiger partial charge in [0, 0.05) is 24.4 Å². The van der Waals surface area contributed by atoms with E-state index < -0.39 is 5.97 Å². The Morgan fingerprint density at radius 3 is 2.67 bits per heavy atom. The fraction of sp³-hybridized carbons (Fsp3) is 0.214. The van der Waals surface area contributed by atoms with Crippen LogP contribution in [0.5, 0.6) is 0 Å². The fourth-order valence-electron chi connectivity index (χ4n) is 1.58. The van der Waals surface area contributed by atoms with Crippen LogP contribution in [0.15, 0.2) is 36.9 Å². The molecule has 0 radical (unpaired) electrons.